The van der Waals surface area contributed by atoms with Crippen molar-refractivity contribution in [2.75, 3.05) is 10.8 Å². The molecule has 0 spiro atoms. The van der Waals surface area contributed by atoms with Crippen molar-refractivity contribution >= 4 is 66.7 Å². The highest BCUT2D eigenvalue weighted by atomic mass is 79.9. The predicted molar refractivity (Wildman–Crippen MR) is 191 cm³/mol. The van der Waals surface area contributed by atoms with Gasteiger partial charge in [0.25, 0.3) is 10.0 Å². The van der Waals surface area contributed by atoms with Crippen LogP contribution in [0.3, 0.4) is 0 Å². The monoisotopic (exact) mass is 755 g/mol. The minimum Gasteiger partial charge on any atom is -0.352 e. The number of rotatable bonds is 12. The first-order valence-electron chi connectivity index (χ1n) is 15.4. The van der Waals surface area contributed by atoms with Gasteiger partial charge in [0.15, 0.2) is 0 Å². The number of halogens is 3. The lowest BCUT2D eigenvalue weighted by Crippen LogP contribution is -2.54. The van der Waals surface area contributed by atoms with E-state index in [2.05, 4.69) is 21.2 Å². The zero-order valence-electron chi connectivity index (χ0n) is 25.9. The Labute approximate surface area is 295 Å². The zero-order chi connectivity index (χ0) is 33.6. The van der Waals surface area contributed by atoms with E-state index in [1.807, 2.05) is 61.5 Å². The number of sulfonamides is 1. The van der Waals surface area contributed by atoms with Crippen molar-refractivity contribution in [3.8, 4) is 0 Å². The summed E-state index contributed by atoms with van der Waals surface area (Å²) in [5.74, 6) is -0.845. The molecular formula is C36H36BrCl2N3O4S. The summed E-state index contributed by atoms with van der Waals surface area (Å²) in [7, 11) is -4.30. The number of carbonyl (C=O) groups is 2. The fraction of sp³-hybridized carbons (Fsp3) is 0.278. The Balaban J connectivity index is 1.58. The zero-order valence-corrected chi connectivity index (χ0v) is 29.8. The molecule has 1 N–H and O–H groups in total. The van der Waals surface area contributed by atoms with Gasteiger partial charge in [-0.25, -0.2) is 8.42 Å². The number of anilines is 1. The van der Waals surface area contributed by atoms with Gasteiger partial charge in [0.1, 0.15) is 12.6 Å². The second-order valence-corrected chi connectivity index (χ2v) is 15.3. The lowest BCUT2D eigenvalue weighted by atomic mass is 10.0. The smallest absolute Gasteiger partial charge is 0.264 e. The van der Waals surface area contributed by atoms with Crippen LogP contribution < -0.4 is 9.62 Å². The van der Waals surface area contributed by atoms with E-state index in [0.717, 1.165) is 51.2 Å². The van der Waals surface area contributed by atoms with Crippen LogP contribution in [0.2, 0.25) is 10.0 Å². The summed E-state index contributed by atoms with van der Waals surface area (Å²) in [6.45, 7) is 1.31. The molecule has 0 saturated heterocycles. The number of hydrogen-bond donors (Lipinski definition) is 1. The van der Waals surface area contributed by atoms with Crippen LogP contribution in [0.25, 0.3) is 0 Å². The largest absolute Gasteiger partial charge is 0.352 e. The third-order valence-electron chi connectivity index (χ3n) is 8.33. The second kappa shape index (κ2) is 15.7. The van der Waals surface area contributed by atoms with Crippen molar-refractivity contribution in [1.29, 1.82) is 0 Å². The van der Waals surface area contributed by atoms with E-state index in [4.69, 9.17) is 23.2 Å². The average Bonchev–Trinajstić information content (AvgIpc) is 3.57. The van der Waals surface area contributed by atoms with E-state index in [0.29, 0.717) is 0 Å². The molecule has 1 atom stereocenters. The van der Waals surface area contributed by atoms with E-state index < -0.39 is 28.5 Å². The van der Waals surface area contributed by atoms with Gasteiger partial charge >= 0.3 is 0 Å². The number of nitrogens with zero attached hydrogens (tertiary/aromatic N) is 2. The normalized spacial score (nSPS) is 14.0. The Morgan fingerprint density at radius 3 is 2.19 bits per heavy atom. The molecule has 246 valence electrons. The molecule has 0 radical (unpaired) electrons. The van der Waals surface area contributed by atoms with Crippen molar-refractivity contribution in [3.05, 3.63) is 128 Å². The van der Waals surface area contributed by atoms with E-state index in [1.165, 1.54) is 23.1 Å². The van der Waals surface area contributed by atoms with Gasteiger partial charge in [0.05, 0.1) is 20.6 Å². The summed E-state index contributed by atoms with van der Waals surface area (Å²) in [6.07, 6.45) is 4.05. The summed E-state index contributed by atoms with van der Waals surface area (Å²) < 4.78 is 30.4. The number of carbonyl (C=O) groups excluding carboxylic acids is 2. The molecular weight excluding hydrogens is 721 g/mol. The number of hydrogen-bond acceptors (Lipinski definition) is 4. The fourth-order valence-corrected chi connectivity index (χ4v) is 7.88. The van der Waals surface area contributed by atoms with Gasteiger partial charge in [0.2, 0.25) is 11.8 Å². The molecule has 7 nitrogen and oxygen atoms in total. The van der Waals surface area contributed by atoms with Crippen molar-refractivity contribution in [2.24, 2.45) is 0 Å². The van der Waals surface area contributed by atoms with Gasteiger partial charge in [-0.05, 0) is 67.3 Å². The lowest BCUT2D eigenvalue weighted by Gasteiger charge is -2.34. The molecule has 4 aromatic rings. The Kier molecular flexibility index (Phi) is 11.7. The standard InChI is InChI=1S/C36H36BrCl2N3O4S/c1-25-14-20-30(21-15-25)47(45,46)42(32-13-7-12-31(38)35(32)39)24-34(43)41(23-27-16-18-28(37)19-17-27)33(22-26-8-3-2-4-9-26)36(44)40-29-10-5-6-11-29/h2-4,7-9,12-21,29,33H,5-6,10-11,22-24H2,1H3,(H,40,44). The summed E-state index contributed by atoms with van der Waals surface area (Å²) in [5.41, 5.74) is 2.59. The molecule has 11 heteroatoms. The predicted octanol–water partition coefficient (Wildman–Crippen LogP) is 7.96. The first kappa shape index (κ1) is 35.0. The van der Waals surface area contributed by atoms with Gasteiger partial charge in [-0.15, -0.1) is 0 Å². The molecule has 1 aliphatic rings. The Morgan fingerprint density at radius 2 is 1.53 bits per heavy atom. The Hall–Kier alpha value is -3.37. The second-order valence-electron chi connectivity index (χ2n) is 11.7. The van der Waals surface area contributed by atoms with Crippen LogP contribution in [0.4, 0.5) is 5.69 Å². The van der Waals surface area contributed by atoms with Crippen LogP contribution >= 0.6 is 39.1 Å². The number of benzene rings is 4. The van der Waals surface area contributed by atoms with Crippen LogP contribution in [0.15, 0.2) is 106 Å². The maximum atomic E-state index is 14.7. The van der Waals surface area contributed by atoms with Crippen LogP contribution in [0, 0.1) is 6.92 Å². The number of nitrogens with one attached hydrogen (secondary N) is 1. The van der Waals surface area contributed by atoms with E-state index in [-0.39, 0.29) is 45.5 Å². The molecule has 5 rings (SSSR count). The van der Waals surface area contributed by atoms with Crippen molar-refractivity contribution in [3.63, 3.8) is 0 Å². The van der Waals surface area contributed by atoms with E-state index >= 15 is 0 Å². The van der Waals surface area contributed by atoms with Crippen molar-refractivity contribution < 1.29 is 18.0 Å². The minimum absolute atomic E-state index is 0.00285. The molecule has 0 aromatic heterocycles. The summed E-state index contributed by atoms with van der Waals surface area (Å²) >= 11 is 16.4. The molecule has 1 fully saturated rings. The van der Waals surface area contributed by atoms with Crippen LogP contribution in [0.1, 0.15) is 42.4 Å². The summed E-state index contributed by atoms with van der Waals surface area (Å²) in [5, 5.41) is 3.32. The maximum Gasteiger partial charge on any atom is 0.264 e. The number of amides is 2. The molecule has 0 heterocycles. The van der Waals surface area contributed by atoms with E-state index in [1.54, 1.807) is 24.3 Å². The van der Waals surface area contributed by atoms with Gasteiger partial charge in [-0.1, -0.05) is 118 Å². The topological polar surface area (TPSA) is 86.8 Å². The molecule has 1 unspecified atom stereocenters. The van der Waals surface area contributed by atoms with E-state index in [9.17, 15) is 18.0 Å². The molecule has 0 bridgehead atoms. The first-order chi connectivity index (χ1) is 22.5. The van der Waals surface area contributed by atoms with Crippen LogP contribution in [0.5, 0.6) is 0 Å². The highest BCUT2D eigenvalue weighted by Gasteiger charge is 2.36. The van der Waals surface area contributed by atoms with Crippen LogP contribution in [-0.2, 0) is 32.6 Å². The van der Waals surface area contributed by atoms with Crippen LogP contribution in [-0.4, -0.2) is 43.8 Å². The van der Waals surface area contributed by atoms with Gasteiger partial charge in [-0.2, -0.15) is 0 Å². The molecule has 1 saturated carbocycles. The van der Waals surface area contributed by atoms with Gasteiger partial charge in [0, 0.05) is 23.5 Å². The molecule has 0 aliphatic heterocycles. The highest BCUT2D eigenvalue weighted by molar-refractivity contribution is 9.10. The first-order valence-corrected chi connectivity index (χ1v) is 18.4. The van der Waals surface area contributed by atoms with Gasteiger partial charge < -0.3 is 10.2 Å². The minimum atomic E-state index is -4.30. The summed E-state index contributed by atoms with van der Waals surface area (Å²) in [4.78, 5) is 30.2. The Morgan fingerprint density at radius 1 is 0.872 bits per heavy atom. The molecule has 47 heavy (non-hydrogen) atoms. The average molecular weight is 758 g/mol. The quantitative estimate of drug-likeness (QED) is 0.159. The molecule has 2 amide bonds. The lowest BCUT2D eigenvalue weighted by molar-refractivity contribution is -0.140. The maximum absolute atomic E-state index is 14.7. The molecule has 1 aliphatic carbocycles. The number of aryl methyl sites for hydroxylation is 1. The third-order valence-corrected chi connectivity index (χ3v) is 11.4. The highest BCUT2D eigenvalue weighted by Crippen LogP contribution is 2.36. The van der Waals surface area contributed by atoms with Crippen molar-refractivity contribution in [2.45, 2.75) is 62.6 Å². The third kappa shape index (κ3) is 8.76. The van der Waals surface area contributed by atoms with Gasteiger partial charge in [-0.3, -0.25) is 13.9 Å². The fourth-order valence-electron chi connectivity index (χ4n) is 5.74. The SMILES string of the molecule is Cc1ccc(S(=O)(=O)N(CC(=O)N(Cc2ccc(Br)cc2)C(Cc2ccccc2)C(=O)NC2CCCC2)c2cccc(Cl)c2Cl)cc1. The Bertz CT molecular complexity index is 1800. The molecule has 4 aromatic carbocycles. The van der Waals surface area contributed by atoms with Crippen molar-refractivity contribution in [1.82, 2.24) is 10.2 Å². The summed E-state index contributed by atoms with van der Waals surface area (Å²) in [6, 6.07) is 27.1.